The molecule has 1 unspecified atom stereocenters. The lowest BCUT2D eigenvalue weighted by Crippen LogP contribution is -2.34. The smallest absolute Gasteiger partial charge is 0.0825 e. The summed E-state index contributed by atoms with van der Waals surface area (Å²) in [4.78, 5) is 0. The van der Waals surface area contributed by atoms with Gasteiger partial charge in [-0.05, 0) is 46.2 Å². The lowest BCUT2D eigenvalue weighted by Gasteiger charge is -2.21. The average molecular weight is 237 g/mol. The fourth-order valence-electron chi connectivity index (χ4n) is 2.67. The number of β-amino-alcohol motifs (C(OH)–C–C–N with tert-alkyl or cyclic N) is 1. The fourth-order valence-corrected chi connectivity index (χ4v) is 2.67. The van der Waals surface area contributed by atoms with Gasteiger partial charge in [0.15, 0.2) is 0 Å². The van der Waals surface area contributed by atoms with Gasteiger partial charge in [0.25, 0.3) is 0 Å². The summed E-state index contributed by atoms with van der Waals surface area (Å²) in [7, 11) is 0. The first-order valence-corrected chi connectivity index (χ1v) is 6.41. The van der Waals surface area contributed by atoms with E-state index in [1.165, 1.54) is 11.3 Å². The van der Waals surface area contributed by atoms with E-state index in [-0.39, 0.29) is 0 Å². The van der Waals surface area contributed by atoms with Crippen LogP contribution in [0.3, 0.4) is 0 Å². The minimum atomic E-state index is -0.583. The Morgan fingerprint density at radius 2 is 2.18 bits per heavy atom. The highest BCUT2D eigenvalue weighted by atomic mass is 16.3. The van der Waals surface area contributed by atoms with Crippen LogP contribution < -0.4 is 5.32 Å². The zero-order valence-electron chi connectivity index (χ0n) is 11.2. The van der Waals surface area contributed by atoms with Gasteiger partial charge in [-0.25, -0.2) is 0 Å². The Morgan fingerprint density at radius 3 is 2.65 bits per heavy atom. The quantitative estimate of drug-likeness (QED) is 0.834. The van der Waals surface area contributed by atoms with Crippen molar-refractivity contribution in [3.63, 3.8) is 0 Å². The predicted octanol–water partition coefficient (Wildman–Crippen LogP) is 1.35. The molecular formula is C13H23N3O. The molecule has 96 valence electrons. The van der Waals surface area contributed by atoms with Crippen molar-refractivity contribution in [2.75, 3.05) is 13.1 Å². The van der Waals surface area contributed by atoms with Crippen molar-refractivity contribution < 1.29 is 5.11 Å². The van der Waals surface area contributed by atoms with Gasteiger partial charge in [-0.3, -0.25) is 4.68 Å². The molecule has 0 bridgehead atoms. The molecule has 1 saturated heterocycles. The zero-order chi connectivity index (χ0) is 12.6. The molecule has 2 rings (SSSR count). The first-order valence-electron chi connectivity index (χ1n) is 6.41. The lowest BCUT2D eigenvalue weighted by molar-refractivity contribution is 0.0615. The number of nitrogens with zero attached hydrogens (tertiary/aromatic N) is 2. The third-order valence-electron chi connectivity index (χ3n) is 3.69. The molecule has 0 aromatic carbocycles. The summed E-state index contributed by atoms with van der Waals surface area (Å²) >= 11 is 0. The Bertz CT molecular complexity index is 403. The van der Waals surface area contributed by atoms with Gasteiger partial charge < -0.3 is 10.4 Å². The molecule has 4 heteroatoms. The largest absolute Gasteiger partial charge is 0.388 e. The summed E-state index contributed by atoms with van der Waals surface area (Å²) in [5.74, 6) is 0. The Morgan fingerprint density at radius 1 is 1.47 bits per heavy atom. The second kappa shape index (κ2) is 4.42. The lowest BCUT2D eigenvalue weighted by atomic mass is 9.92. The highest BCUT2D eigenvalue weighted by Gasteiger charge is 2.33. The molecule has 17 heavy (non-hydrogen) atoms. The van der Waals surface area contributed by atoms with E-state index in [1.807, 2.05) is 6.92 Å². The van der Waals surface area contributed by atoms with Gasteiger partial charge in [0.05, 0.1) is 11.3 Å². The van der Waals surface area contributed by atoms with E-state index in [0.29, 0.717) is 19.0 Å². The van der Waals surface area contributed by atoms with Crippen LogP contribution in [0.5, 0.6) is 0 Å². The van der Waals surface area contributed by atoms with Gasteiger partial charge in [0.1, 0.15) is 0 Å². The van der Waals surface area contributed by atoms with Crippen LogP contribution in [0, 0.1) is 13.8 Å². The van der Waals surface area contributed by atoms with E-state index in [9.17, 15) is 5.11 Å². The standard InChI is InChI=1S/C13H23N3O/c1-9(2)16-11(4)12(10(3)15-16)7-13(17)5-6-14-8-13/h9,14,17H,5-8H2,1-4H3. The van der Waals surface area contributed by atoms with Crippen molar-refractivity contribution in [2.45, 2.75) is 52.2 Å². The van der Waals surface area contributed by atoms with Crippen molar-refractivity contribution in [1.82, 2.24) is 15.1 Å². The molecule has 1 aromatic rings. The minimum absolute atomic E-state index is 0.374. The molecule has 2 heterocycles. The molecule has 0 aliphatic carbocycles. The molecule has 0 radical (unpaired) electrons. The number of hydrogen-bond acceptors (Lipinski definition) is 3. The molecule has 4 nitrogen and oxygen atoms in total. The zero-order valence-corrected chi connectivity index (χ0v) is 11.2. The van der Waals surface area contributed by atoms with Crippen LogP contribution in [0.1, 0.15) is 43.3 Å². The van der Waals surface area contributed by atoms with Crippen LogP contribution >= 0.6 is 0 Å². The normalized spacial score (nSPS) is 24.8. The van der Waals surface area contributed by atoms with E-state index in [2.05, 4.69) is 35.9 Å². The number of aliphatic hydroxyl groups is 1. The van der Waals surface area contributed by atoms with Crippen LogP contribution in [0.2, 0.25) is 0 Å². The van der Waals surface area contributed by atoms with Gasteiger partial charge in [-0.15, -0.1) is 0 Å². The van der Waals surface area contributed by atoms with Crippen LogP contribution in [-0.4, -0.2) is 33.6 Å². The molecule has 1 aliphatic rings. The van der Waals surface area contributed by atoms with Crippen molar-refractivity contribution in [3.05, 3.63) is 17.0 Å². The third-order valence-corrected chi connectivity index (χ3v) is 3.69. The molecule has 2 N–H and O–H groups in total. The number of rotatable bonds is 3. The Balaban J connectivity index is 2.26. The number of nitrogens with one attached hydrogen (secondary N) is 1. The maximum absolute atomic E-state index is 10.4. The molecule has 1 fully saturated rings. The summed E-state index contributed by atoms with van der Waals surface area (Å²) in [5, 5.41) is 18.2. The summed E-state index contributed by atoms with van der Waals surface area (Å²) in [6.07, 6.45) is 1.54. The van der Waals surface area contributed by atoms with Crippen molar-refractivity contribution >= 4 is 0 Å². The van der Waals surface area contributed by atoms with Gasteiger partial charge in [-0.1, -0.05) is 0 Å². The van der Waals surface area contributed by atoms with Crippen LogP contribution in [0.4, 0.5) is 0 Å². The van der Waals surface area contributed by atoms with Gasteiger partial charge in [0.2, 0.25) is 0 Å². The van der Waals surface area contributed by atoms with Crippen LogP contribution in [-0.2, 0) is 6.42 Å². The monoisotopic (exact) mass is 237 g/mol. The molecular weight excluding hydrogens is 214 g/mol. The number of aryl methyl sites for hydroxylation is 1. The van der Waals surface area contributed by atoms with Crippen molar-refractivity contribution in [1.29, 1.82) is 0 Å². The maximum Gasteiger partial charge on any atom is 0.0825 e. The minimum Gasteiger partial charge on any atom is -0.388 e. The summed E-state index contributed by atoms with van der Waals surface area (Å²) in [5.41, 5.74) is 2.87. The highest BCUT2D eigenvalue weighted by molar-refractivity contribution is 5.27. The van der Waals surface area contributed by atoms with E-state index < -0.39 is 5.60 Å². The number of aromatic nitrogens is 2. The molecule has 0 saturated carbocycles. The molecule has 1 aromatic heterocycles. The van der Waals surface area contributed by atoms with Crippen molar-refractivity contribution in [2.24, 2.45) is 0 Å². The van der Waals surface area contributed by atoms with E-state index in [4.69, 9.17) is 0 Å². The van der Waals surface area contributed by atoms with Crippen molar-refractivity contribution in [3.8, 4) is 0 Å². The Labute approximate surface area is 103 Å². The van der Waals surface area contributed by atoms with E-state index >= 15 is 0 Å². The van der Waals surface area contributed by atoms with Gasteiger partial charge >= 0.3 is 0 Å². The first kappa shape index (κ1) is 12.6. The van der Waals surface area contributed by atoms with Crippen LogP contribution in [0.15, 0.2) is 0 Å². The van der Waals surface area contributed by atoms with E-state index in [1.54, 1.807) is 0 Å². The second-order valence-corrected chi connectivity index (χ2v) is 5.52. The van der Waals surface area contributed by atoms with E-state index in [0.717, 1.165) is 18.7 Å². The maximum atomic E-state index is 10.4. The summed E-state index contributed by atoms with van der Waals surface area (Å²) < 4.78 is 2.05. The second-order valence-electron chi connectivity index (χ2n) is 5.52. The average Bonchev–Trinajstić information content (AvgIpc) is 2.78. The SMILES string of the molecule is Cc1nn(C(C)C)c(C)c1CC1(O)CCNC1. The Kier molecular flexibility index (Phi) is 3.27. The first-order chi connectivity index (χ1) is 7.93. The molecule has 1 atom stereocenters. The van der Waals surface area contributed by atoms with Gasteiger partial charge in [0, 0.05) is 24.7 Å². The molecule has 0 spiro atoms. The summed E-state index contributed by atoms with van der Waals surface area (Å²) in [6, 6.07) is 0.374. The fraction of sp³-hybridized carbons (Fsp3) is 0.769. The summed E-state index contributed by atoms with van der Waals surface area (Å²) in [6.45, 7) is 10.0. The Hall–Kier alpha value is -0.870. The number of hydrogen-bond donors (Lipinski definition) is 2. The molecule has 1 aliphatic heterocycles. The third kappa shape index (κ3) is 2.38. The highest BCUT2D eigenvalue weighted by Crippen LogP contribution is 2.25. The van der Waals surface area contributed by atoms with Crippen LogP contribution in [0.25, 0.3) is 0 Å². The topological polar surface area (TPSA) is 50.1 Å². The predicted molar refractivity (Wildman–Crippen MR) is 68.2 cm³/mol. The molecule has 0 amide bonds. The van der Waals surface area contributed by atoms with Gasteiger partial charge in [-0.2, -0.15) is 5.10 Å².